The molecule has 0 atom stereocenters. The number of carboxylic acid groups (broad SMARTS) is 1. The molecule has 0 rings (SSSR count). The largest absolute Gasteiger partial charge is 0.476 e. The Kier molecular flexibility index (Phi) is 2.08. The Balaban J connectivity index is 4.19. The van der Waals surface area contributed by atoms with Crippen molar-refractivity contribution < 1.29 is 18.7 Å². The lowest BCUT2D eigenvalue weighted by molar-refractivity contribution is -0.189. The van der Waals surface area contributed by atoms with Gasteiger partial charge in [0.05, 0.1) is 0 Å². The van der Waals surface area contributed by atoms with E-state index in [0.29, 0.717) is 4.90 Å². The lowest BCUT2D eigenvalue weighted by Gasteiger charge is -2.17. The zero-order chi connectivity index (χ0) is 7.65. The van der Waals surface area contributed by atoms with Crippen molar-refractivity contribution in [3.63, 3.8) is 0 Å². The number of rotatable bonds is 2. The summed E-state index contributed by atoms with van der Waals surface area (Å²) in [7, 11) is 1.99. The molecule has 9 heavy (non-hydrogen) atoms. The average molecular weight is 139 g/mol. The van der Waals surface area contributed by atoms with E-state index in [-0.39, 0.29) is 0 Å². The van der Waals surface area contributed by atoms with Crippen molar-refractivity contribution in [1.29, 1.82) is 0 Å². The molecule has 0 aliphatic carbocycles. The van der Waals surface area contributed by atoms with Crippen molar-refractivity contribution >= 4 is 5.97 Å². The van der Waals surface area contributed by atoms with Crippen molar-refractivity contribution in [3.8, 4) is 0 Å². The van der Waals surface area contributed by atoms with Gasteiger partial charge in [-0.2, -0.15) is 8.78 Å². The molecule has 0 unspecified atom stereocenters. The van der Waals surface area contributed by atoms with E-state index < -0.39 is 12.0 Å². The molecule has 0 heterocycles. The lowest BCUT2D eigenvalue weighted by atomic mass is 10.5. The minimum absolute atomic E-state index is 0.329. The van der Waals surface area contributed by atoms with Gasteiger partial charge < -0.3 is 5.11 Å². The fourth-order valence-electron chi connectivity index (χ4n) is 0.191. The number of likely N-dealkylation sites (N-methyl/N-ethyl adjacent to an activating group) is 1. The van der Waals surface area contributed by atoms with Gasteiger partial charge in [0, 0.05) is 0 Å². The van der Waals surface area contributed by atoms with Gasteiger partial charge in [-0.1, -0.05) is 0 Å². The van der Waals surface area contributed by atoms with E-state index in [1.807, 2.05) is 0 Å². The van der Waals surface area contributed by atoms with Gasteiger partial charge in [-0.15, -0.1) is 0 Å². The maximum atomic E-state index is 12.0. The third-order valence-electron chi connectivity index (χ3n) is 0.819. The zero-order valence-electron chi connectivity index (χ0n) is 5.06. The van der Waals surface area contributed by atoms with Crippen LogP contribution >= 0.6 is 0 Å². The number of hydrogen-bond donors (Lipinski definition) is 1. The molecule has 0 aromatic rings. The van der Waals surface area contributed by atoms with Gasteiger partial charge in [-0.3, -0.25) is 0 Å². The van der Waals surface area contributed by atoms with E-state index in [1.54, 1.807) is 0 Å². The summed E-state index contributed by atoms with van der Waals surface area (Å²) in [5.74, 6) is -2.13. The summed E-state index contributed by atoms with van der Waals surface area (Å²) < 4.78 is 24.0. The van der Waals surface area contributed by atoms with Crippen molar-refractivity contribution in [2.45, 2.75) is 6.05 Å². The van der Waals surface area contributed by atoms with Crippen LogP contribution in [0.2, 0.25) is 0 Å². The molecule has 1 N–H and O–H groups in total. The SMILES string of the molecule is CN(C)C(F)(F)C(=O)O. The van der Waals surface area contributed by atoms with Crippen LogP contribution in [0.3, 0.4) is 0 Å². The van der Waals surface area contributed by atoms with E-state index in [9.17, 15) is 13.6 Å². The predicted octanol–water partition coefficient (Wildman–Crippen LogP) is 0.225. The van der Waals surface area contributed by atoms with Crippen LogP contribution in [0.25, 0.3) is 0 Å². The van der Waals surface area contributed by atoms with Gasteiger partial charge in [0.1, 0.15) is 0 Å². The monoisotopic (exact) mass is 139 g/mol. The number of halogens is 2. The number of nitrogens with zero attached hydrogens (tertiary/aromatic N) is 1. The van der Waals surface area contributed by atoms with E-state index in [4.69, 9.17) is 5.11 Å². The highest BCUT2D eigenvalue weighted by atomic mass is 19.3. The number of alkyl halides is 2. The molecule has 5 heteroatoms. The number of carboxylic acids is 1. The first-order chi connectivity index (χ1) is 3.89. The Hall–Kier alpha value is -0.710. The molecule has 0 saturated carbocycles. The number of carbonyl (C=O) groups is 1. The van der Waals surface area contributed by atoms with Crippen LogP contribution in [0.1, 0.15) is 0 Å². The van der Waals surface area contributed by atoms with Gasteiger partial charge in [-0.25, -0.2) is 9.69 Å². The summed E-state index contributed by atoms with van der Waals surface area (Å²) in [6.07, 6.45) is 0. The second-order valence-corrected chi connectivity index (χ2v) is 1.74. The Bertz CT molecular complexity index is 124. The first-order valence-electron chi connectivity index (χ1n) is 2.17. The van der Waals surface area contributed by atoms with Crippen LogP contribution in [0, 0.1) is 0 Å². The van der Waals surface area contributed by atoms with Crippen LogP contribution in [0.15, 0.2) is 0 Å². The molecule has 0 bridgehead atoms. The molecule has 0 fully saturated rings. The Labute approximate surface area is 50.9 Å². The van der Waals surface area contributed by atoms with Gasteiger partial charge in [-0.05, 0) is 14.1 Å². The molecule has 0 radical (unpaired) electrons. The van der Waals surface area contributed by atoms with Crippen LogP contribution in [-0.4, -0.2) is 36.1 Å². The summed E-state index contributed by atoms with van der Waals surface area (Å²) in [6.45, 7) is 0. The van der Waals surface area contributed by atoms with E-state index in [1.165, 1.54) is 0 Å². The van der Waals surface area contributed by atoms with Crippen molar-refractivity contribution in [3.05, 3.63) is 0 Å². The molecular weight excluding hydrogens is 132 g/mol. The van der Waals surface area contributed by atoms with Crippen LogP contribution in [0.4, 0.5) is 8.78 Å². The molecule has 0 spiro atoms. The maximum absolute atomic E-state index is 12.0. The first kappa shape index (κ1) is 8.29. The topological polar surface area (TPSA) is 40.5 Å². The second-order valence-electron chi connectivity index (χ2n) is 1.74. The molecule has 0 amide bonds. The standard InChI is InChI=1S/C4H7F2NO2/c1-7(2)4(5,6)3(8)9/h1-2H3,(H,8,9). The first-order valence-corrected chi connectivity index (χ1v) is 2.17. The lowest BCUT2D eigenvalue weighted by Crippen LogP contribution is -2.42. The fraction of sp³-hybridized carbons (Fsp3) is 0.750. The predicted molar refractivity (Wildman–Crippen MR) is 26.3 cm³/mol. The highest BCUT2D eigenvalue weighted by Gasteiger charge is 2.41. The van der Waals surface area contributed by atoms with Crippen LogP contribution < -0.4 is 0 Å². The van der Waals surface area contributed by atoms with Gasteiger partial charge in [0.2, 0.25) is 0 Å². The maximum Gasteiger partial charge on any atom is 0.401 e. The Morgan fingerprint density at radius 3 is 1.89 bits per heavy atom. The molecule has 54 valence electrons. The molecule has 0 aliphatic rings. The molecular formula is C4H7F2NO2. The highest BCUT2D eigenvalue weighted by Crippen LogP contribution is 2.14. The fourth-order valence-corrected chi connectivity index (χ4v) is 0.191. The average Bonchev–Trinajstić information content (AvgIpc) is 1.65. The molecule has 0 aromatic carbocycles. The summed E-state index contributed by atoms with van der Waals surface area (Å²) >= 11 is 0. The molecule has 3 nitrogen and oxygen atoms in total. The minimum atomic E-state index is -3.75. The van der Waals surface area contributed by atoms with Crippen LogP contribution in [-0.2, 0) is 4.79 Å². The van der Waals surface area contributed by atoms with Crippen molar-refractivity contribution in [2.75, 3.05) is 14.1 Å². The molecule has 0 aliphatic heterocycles. The quantitative estimate of drug-likeness (QED) is 0.556. The van der Waals surface area contributed by atoms with E-state index >= 15 is 0 Å². The summed E-state index contributed by atoms with van der Waals surface area (Å²) in [5.41, 5.74) is 0. The summed E-state index contributed by atoms with van der Waals surface area (Å²) in [4.78, 5) is 10.00. The third kappa shape index (κ3) is 1.60. The smallest absolute Gasteiger partial charge is 0.401 e. The second kappa shape index (κ2) is 2.26. The number of hydrogen-bond acceptors (Lipinski definition) is 2. The van der Waals surface area contributed by atoms with Crippen molar-refractivity contribution in [1.82, 2.24) is 4.90 Å². The third-order valence-corrected chi connectivity index (χ3v) is 0.819. The Morgan fingerprint density at radius 1 is 1.56 bits per heavy atom. The van der Waals surface area contributed by atoms with Crippen molar-refractivity contribution in [2.24, 2.45) is 0 Å². The summed E-state index contributed by atoms with van der Waals surface area (Å²) in [6, 6.07) is -3.75. The normalized spacial score (nSPS) is 12.1. The molecule has 0 aromatic heterocycles. The number of aliphatic carboxylic acids is 1. The van der Waals surface area contributed by atoms with Gasteiger partial charge >= 0.3 is 12.0 Å². The van der Waals surface area contributed by atoms with Crippen LogP contribution in [0.5, 0.6) is 0 Å². The summed E-state index contributed by atoms with van der Waals surface area (Å²) in [5, 5.41) is 7.82. The highest BCUT2D eigenvalue weighted by molar-refractivity contribution is 5.74. The Morgan fingerprint density at radius 2 is 1.89 bits per heavy atom. The minimum Gasteiger partial charge on any atom is -0.476 e. The van der Waals surface area contributed by atoms with E-state index in [0.717, 1.165) is 14.1 Å². The van der Waals surface area contributed by atoms with E-state index in [2.05, 4.69) is 0 Å². The molecule has 0 saturated heterocycles. The van der Waals surface area contributed by atoms with Gasteiger partial charge in [0.15, 0.2) is 0 Å². The van der Waals surface area contributed by atoms with Gasteiger partial charge in [0.25, 0.3) is 0 Å². The zero-order valence-corrected chi connectivity index (χ0v) is 5.06.